The number of halogens is 1. The van der Waals surface area contributed by atoms with Crippen LogP contribution in [-0.4, -0.2) is 24.5 Å². The summed E-state index contributed by atoms with van der Waals surface area (Å²) in [5.41, 5.74) is 0.683. The molecule has 5 nitrogen and oxygen atoms in total. The highest BCUT2D eigenvalue weighted by molar-refractivity contribution is 5.99. The number of amides is 2. The molecular formula is C18H19FN2O3. The third-order valence-electron chi connectivity index (χ3n) is 3.02. The summed E-state index contributed by atoms with van der Waals surface area (Å²) in [6.45, 7) is 3.54. The molecule has 126 valence electrons. The first-order chi connectivity index (χ1) is 11.5. The molecule has 0 atom stereocenters. The van der Waals surface area contributed by atoms with Gasteiger partial charge in [0.05, 0.1) is 18.3 Å². The van der Waals surface area contributed by atoms with Crippen LogP contribution >= 0.6 is 0 Å². The SMILES string of the molecule is CC(C)Oc1ccccc1NC(=O)CNC(=O)c1cccc(F)c1. The van der Waals surface area contributed by atoms with Crippen LogP contribution in [0.5, 0.6) is 5.75 Å². The van der Waals surface area contributed by atoms with Crippen molar-refractivity contribution < 1.29 is 18.7 Å². The Hall–Kier alpha value is -2.89. The molecule has 0 heterocycles. The monoisotopic (exact) mass is 330 g/mol. The standard InChI is InChI=1S/C18H19FN2O3/c1-12(2)24-16-9-4-3-8-15(16)21-17(22)11-20-18(23)13-6-5-7-14(19)10-13/h3-10,12H,11H2,1-2H3,(H,20,23)(H,21,22). The van der Waals surface area contributed by atoms with E-state index in [0.717, 1.165) is 6.07 Å². The molecule has 0 aromatic heterocycles. The van der Waals surface area contributed by atoms with E-state index in [2.05, 4.69) is 10.6 Å². The van der Waals surface area contributed by atoms with Crippen LogP contribution in [0.1, 0.15) is 24.2 Å². The van der Waals surface area contributed by atoms with Crippen molar-refractivity contribution in [3.8, 4) is 5.75 Å². The van der Waals surface area contributed by atoms with Gasteiger partial charge in [0, 0.05) is 5.56 Å². The molecule has 0 saturated heterocycles. The average molecular weight is 330 g/mol. The molecule has 24 heavy (non-hydrogen) atoms. The molecule has 2 aromatic carbocycles. The van der Waals surface area contributed by atoms with E-state index in [1.54, 1.807) is 24.3 Å². The lowest BCUT2D eigenvalue weighted by molar-refractivity contribution is -0.115. The van der Waals surface area contributed by atoms with Gasteiger partial charge in [0.1, 0.15) is 11.6 Å². The van der Waals surface area contributed by atoms with Gasteiger partial charge in [0.2, 0.25) is 5.91 Å². The second-order valence-corrected chi connectivity index (χ2v) is 5.40. The predicted molar refractivity (Wildman–Crippen MR) is 89.6 cm³/mol. The van der Waals surface area contributed by atoms with Gasteiger partial charge in [0.15, 0.2) is 0 Å². The summed E-state index contributed by atoms with van der Waals surface area (Å²) in [6.07, 6.45) is -0.0317. The minimum Gasteiger partial charge on any atom is -0.489 e. The van der Waals surface area contributed by atoms with Crippen LogP contribution in [0, 0.1) is 5.82 Å². The summed E-state index contributed by atoms with van der Waals surface area (Å²) >= 11 is 0. The maximum absolute atomic E-state index is 13.1. The topological polar surface area (TPSA) is 67.4 Å². The van der Waals surface area contributed by atoms with Gasteiger partial charge >= 0.3 is 0 Å². The molecule has 2 rings (SSSR count). The Morgan fingerprint density at radius 3 is 2.58 bits per heavy atom. The molecule has 0 aliphatic rings. The van der Waals surface area contributed by atoms with Gasteiger partial charge in [-0.3, -0.25) is 9.59 Å². The van der Waals surface area contributed by atoms with Crippen molar-refractivity contribution in [1.29, 1.82) is 0 Å². The zero-order chi connectivity index (χ0) is 17.5. The first kappa shape index (κ1) is 17.5. The first-order valence-electron chi connectivity index (χ1n) is 7.55. The van der Waals surface area contributed by atoms with E-state index in [1.165, 1.54) is 18.2 Å². The van der Waals surface area contributed by atoms with E-state index >= 15 is 0 Å². The van der Waals surface area contributed by atoms with Gasteiger partial charge in [-0.2, -0.15) is 0 Å². The molecule has 0 aliphatic heterocycles. The molecule has 2 amide bonds. The van der Waals surface area contributed by atoms with E-state index in [4.69, 9.17) is 4.74 Å². The lowest BCUT2D eigenvalue weighted by Gasteiger charge is -2.15. The van der Waals surface area contributed by atoms with E-state index < -0.39 is 17.6 Å². The van der Waals surface area contributed by atoms with Crippen molar-refractivity contribution in [2.75, 3.05) is 11.9 Å². The third kappa shape index (κ3) is 5.08. The zero-order valence-electron chi connectivity index (χ0n) is 13.5. The molecule has 0 unspecified atom stereocenters. The van der Waals surface area contributed by atoms with Crippen molar-refractivity contribution in [3.63, 3.8) is 0 Å². The molecule has 0 bridgehead atoms. The largest absolute Gasteiger partial charge is 0.489 e. The van der Waals surface area contributed by atoms with Crippen LogP contribution in [0.3, 0.4) is 0 Å². The Balaban J connectivity index is 1.93. The number of anilines is 1. The highest BCUT2D eigenvalue weighted by Crippen LogP contribution is 2.24. The molecule has 6 heteroatoms. The number of carbonyl (C=O) groups is 2. The lowest BCUT2D eigenvalue weighted by Crippen LogP contribution is -2.33. The summed E-state index contributed by atoms with van der Waals surface area (Å²) in [5, 5.41) is 5.13. The number of hydrogen-bond acceptors (Lipinski definition) is 3. The summed E-state index contributed by atoms with van der Waals surface area (Å²) in [5.74, 6) is -0.875. The molecule has 0 aliphatic carbocycles. The fourth-order valence-corrected chi connectivity index (χ4v) is 2.01. The number of nitrogens with one attached hydrogen (secondary N) is 2. The normalized spacial score (nSPS) is 10.3. The lowest BCUT2D eigenvalue weighted by atomic mass is 10.2. The maximum atomic E-state index is 13.1. The predicted octanol–water partition coefficient (Wildman–Crippen LogP) is 2.98. The summed E-state index contributed by atoms with van der Waals surface area (Å²) in [7, 11) is 0. The van der Waals surface area contributed by atoms with Crippen LogP contribution in [0.4, 0.5) is 10.1 Å². The van der Waals surface area contributed by atoms with Crippen molar-refractivity contribution in [3.05, 3.63) is 59.9 Å². The number of hydrogen-bond donors (Lipinski definition) is 2. The highest BCUT2D eigenvalue weighted by atomic mass is 19.1. The molecule has 0 spiro atoms. The Bertz CT molecular complexity index is 732. The Labute approximate surface area is 139 Å². The molecule has 0 saturated carbocycles. The number of carbonyl (C=O) groups excluding carboxylic acids is 2. The van der Waals surface area contributed by atoms with Gasteiger partial charge in [-0.25, -0.2) is 4.39 Å². The summed E-state index contributed by atoms with van der Waals surface area (Å²) in [6, 6.07) is 12.3. The van der Waals surface area contributed by atoms with Crippen molar-refractivity contribution in [2.24, 2.45) is 0 Å². The van der Waals surface area contributed by atoms with E-state index in [-0.39, 0.29) is 18.2 Å². The van der Waals surface area contributed by atoms with E-state index in [0.29, 0.717) is 11.4 Å². The highest BCUT2D eigenvalue weighted by Gasteiger charge is 2.11. The van der Waals surface area contributed by atoms with Crippen LogP contribution in [-0.2, 0) is 4.79 Å². The Kier molecular flexibility index (Phi) is 5.89. The van der Waals surface area contributed by atoms with Crippen LogP contribution in [0.15, 0.2) is 48.5 Å². The van der Waals surface area contributed by atoms with Gasteiger partial charge in [0.25, 0.3) is 5.91 Å². The molecule has 0 fully saturated rings. The van der Waals surface area contributed by atoms with Gasteiger partial charge < -0.3 is 15.4 Å². The average Bonchev–Trinajstić information content (AvgIpc) is 2.54. The van der Waals surface area contributed by atoms with Crippen molar-refractivity contribution in [1.82, 2.24) is 5.32 Å². The zero-order valence-corrected chi connectivity index (χ0v) is 13.5. The van der Waals surface area contributed by atoms with Crippen molar-refractivity contribution >= 4 is 17.5 Å². The number of benzene rings is 2. The fourth-order valence-electron chi connectivity index (χ4n) is 2.01. The number of rotatable bonds is 6. The van der Waals surface area contributed by atoms with Gasteiger partial charge in [-0.15, -0.1) is 0 Å². The smallest absolute Gasteiger partial charge is 0.251 e. The maximum Gasteiger partial charge on any atom is 0.251 e. The minimum atomic E-state index is -0.517. The van der Waals surface area contributed by atoms with Crippen molar-refractivity contribution in [2.45, 2.75) is 20.0 Å². The van der Waals surface area contributed by atoms with E-state index in [1.807, 2.05) is 13.8 Å². The van der Waals surface area contributed by atoms with Crippen LogP contribution in [0.2, 0.25) is 0 Å². The number of ether oxygens (including phenoxy) is 1. The second-order valence-electron chi connectivity index (χ2n) is 5.40. The molecule has 2 aromatic rings. The van der Waals surface area contributed by atoms with Gasteiger partial charge in [-0.05, 0) is 44.2 Å². The fraction of sp³-hybridized carbons (Fsp3) is 0.222. The quantitative estimate of drug-likeness (QED) is 0.856. The first-order valence-corrected chi connectivity index (χ1v) is 7.55. The summed E-state index contributed by atoms with van der Waals surface area (Å²) < 4.78 is 18.7. The van der Waals surface area contributed by atoms with Gasteiger partial charge in [-0.1, -0.05) is 18.2 Å². The third-order valence-corrected chi connectivity index (χ3v) is 3.02. The molecule has 2 N–H and O–H groups in total. The number of para-hydroxylation sites is 2. The molecule has 0 radical (unpaired) electrons. The Morgan fingerprint density at radius 1 is 1.12 bits per heavy atom. The second kappa shape index (κ2) is 8.10. The minimum absolute atomic E-state index is 0.0317. The van der Waals surface area contributed by atoms with E-state index in [9.17, 15) is 14.0 Å². The van der Waals surface area contributed by atoms with Crippen LogP contribution in [0.25, 0.3) is 0 Å². The van der Waals surface area contributed by atoms with Crippen LogP contribution < -0.4 is 15.4 Å². The molecular weight excluding hydrogens is 311 g/mol. The summed E-state index contributed by atoms with van der Waals surface area (Å²) in [4.78, 5) is 23.9. The Morgan fingerprint density at radius 2 is 1.88 bits per heavy atom.